The molecule has 0 atom stereocenters. The minimum absolute atomic E-state index is 0.0527. The van der Waals surface area contributed by atoms with Crippen molar-refractivity contribution in [3.05, 3.63) is 29.6 Å². The second kappa shape index (κ2) is 7.58. The Hall–Kier alpha value is -2.15. The first-order valence-corrected chi connectivity index (χ1v) is 6.46. The summed E-state index contributed by atoms with van der Waals surface area (Å²) in [4.78, 5) is 24.8. The Kier molecular flexibility index (Phi) is 6.10. The normalized spacial score (nSPS) is 10.5. The Bertz CT molecular complexity index is 520. The molecule has 0 saturated carbocycles. The summed E-state index contributed by atoms with van der Waals surface area (Å²) >= 11 is 0. The van der Waals surface area contributed by atoms with Gasteiger partial charge in [0, 0.05) is 19.7 Å². The van der Waals surface area contributed by atoms with E-state index in [4.69, 9.17) is 9.84 Å². The van der Waals surface area contributed by atoms with E-state index in [0.717, 1.165) is 12.1 Å². The molecule has 0 aliphatic carbocycles. The van der Waals surface area contributed by atoms with E-state index in [9.17, 15) is 14.0 Å². The zero-order valence-corrected chi connectivity index (χ0v) is 12.2. The average molecular weight is 298 g/mol. The van der Waals surface area contributed by atoms with Gasteiger partial charge in [0.15, 0.2) is 0 Å². The number of carboxylic acid groups (broad SMARTS) is 1. The van der Waals surface area contributed by atoms with Crippen LogP contribution in [0.3, 0.4) is 0 Å². The van der Waals surface area contributed by atoms with Crippen LogP contribution in [0.4, 0.5) is 14.9 Å². The number of amides is 2. The molecule has 0 saturated heterocycles. The van der Waals surface area contributed by atoms with Crippen molar-refractivity contribution in [3.8, 4) is 0 Å². The van der Waals surface area contributed by atoms with Crippen LogP contribution in [-0.4, -0.2) is 48.3 Å². The van der Waals surface area contributed by atoms with Crippen LogP contribution in [0.5, 0.6) is 0 Å². The lowest BCUT2D eigenvalue weighted by Crippen LogP contribution is -2.42. The first-order chi connectivity index (χ1) is 9.86. The van der Waals surface area contributed by atoms with Gasteiger partial charge in [-0.1, -0.05) is 0 Å². The third kappa shape index (κ3) is 4.71. The summed E-state index contributed by atoms with van der Waals surface area (Å²) in [6, 6.07) is 2.64. The fourth-order valence-electron chi connectivity index (χ4n) is 1.77. The Labute approximate surface area is 122 Å². The molecule has 0 aliphatic rings. The minimum atomic E-state index is -1.31. The van der Waals surface area contributed by atoms with Crippen LogP contribution in [0.25, 0.3) is 0 Å². The maximum absolute atomic E-state index is 13.1. The van der Waals surface area contributed by atoms with Crippen molar-refractivity contribution in [3.63, 3.8) is 0 Å². The zero-order valence-electron chi connectivity index (χ0n) is 12.2. The number of carboxylic acids is 1. The third-order valence-electron chi connectivity index (χ3n) is 2.87. The first kappa shape index (κ1) is 16.9. The van der Waals surface area contributed by atoms with E-state index in [1.807, 2.05) is 13.8 Å². The van der Waals surface area contributed by atoms with Crippen molar-refractivity contribution in [2.24, 2.45) is 0 Å². The average Bonchev–Trinajstić information content (AvgIpc) is 2.40. The maximum atomic E-state index is 13.1. The zero-order chi connectivity index (χ0) is 16.0. The van der Waals surface area contributed by atoms with Gasteiger partial charge in [-0.05, 0) is 32.0 Å². The second-order valence-corrected chi connectivity index (χ2v) is 4.71. The molecule has 2 amide bonds. The van der Waals surface area contributed by atoms with Crippen molar-refractivity contribution < 1.29 is 23.8 Å². The maximum Gasteiger partial charge on any atom is 0.337 e. The topological polar surface area (TPSA) is 78.9 Å². The van der Waals surface area contributed by atoms with Crippen LogP contribution in [-0.2, 0) is 4.74 Å². The first-order valence-electron chi connectivity index (χ1n) is 6.46. The van der Waals surface area contributed by atoms with Gasteiger partial charge in [-0.2, -0.15) is 0 Å². The molecule has 1 aromatic carbocycles. The van der Waals surface area contributed by atoms with Gasteiger partial charge in [-0.25, -0.2) is 14.0 Å². The van der Waals surface area contributed by atoms with Crippen LogP contribution in [0.1, 0.15) is 24.2 Å². The summed E-state index contributed by atoms with van der Waals surface area (Å²) in [7, 11) is 1.53. The van der Waals surface area contributed by atoms with Gasteiger partial charge < -0.3 is 20.1 Å². The van der Waals surface area contributed by atoms with Crippen LogP contribution >= 0.6 is 0 Å². The van der Waals surface area contributed by atoms with Crippen molar-refractivity contribution in [2.75, 3.05) is 25.6 Å². The second-order valence-electron chi connectivity index (χ2n) is 4.71. The number of urea groups is 1. The highest BCUT2D eigenvalue weighted by Gasteiger charge is 2.19. The van der Waals surface area contributed by atoms with Gasteiger partial charge in [-0.15, -0.1) is 0 Å². The van der Waals surface area contributed by atoms with E-state index in [2.05, 4.69) is 5.32 Å². The standard InChI is InChI=1S/C14H19FN2O4/c1-9(2)17(6-7-21-3)14(20)16-12-5-4-10(15)8-11(12)13(18)19/h4-5,8-9H,6-7H2,1-3H3,(H,16,20)(H,18,19). The van der Waals surface area contributed by atoms with Gasteiger partial charge in [0.05, 0.1) is 17.9 Å². The summed E-state index contributed by atoms with van der Waals surface area (Å²) in [6.07, 6.45) is 0. The summed E-state index contributed by atoms with van der Waals surface area (Å²) in [6.45, 7) is 4.39. The molecular formula is C14H19FN2O4. The van der Waals surface area contributed by atoms with Gasteiger partial charge in [0.25, 0.3) is 0 Å². The Morgan fingerprint density at radius 1 is 1.43 bits per heavy atom. The number of carbonyl (C=O) groups is 2. The molecule has 116 valence electrons. The van der Waals surface area contributed by atoms with Crippen LogP contribution < -0.4 is 5.32 Å². The molecule has 7 heteroatoms. The fourth-order valence-corrected chi connectivity index (χ4v) is 1.77. The molecule has 0 aliphatic heterocycles. The lowest BCUT2D eigenvalue weighted by molar-refractivity contribution is 0.0697. The smallest absolute Gasteiger partial charge is 0.337 e. The Balaban J connectivity index is 2.93. The number of ether oxygens (including phenoxy) is 1. The minimum Gasteiger partial charge on any atom is -0.478 e. The number of nitrogens with one attached hydrogen (secondary N) is 1. The molecule has 21 heavy (non-hydrogen) atoms. The molecule has 1 aromatic rings. The number of hydrogen-bond acceptors (Lipinski definition) is 3. The number of nitrogens with zero attached hydrogens (tertiary/aromatic N) is 1. The number of halogens is 1. The van der Waals surface area contributed by atoms with Gasteiger partial charge in [0.1, 0.15) is 5.82 Å². The molecule has 0 bridgehead atoms. The molecule has 2 N–H and O–H groups in total. The monoisotopic (exact) mass is 298 g/mol. The summed E-state index contributed by atoms with van der Waals surface area (Å²) in [5.41, 5.74) is -0.240. The third-order valence-corrected chi connectivity index (χ3v) is 2.87. The number of hydrogen-bond donors (Lipinski definition) is 2. The molecule has 0 radical (unpaired) electrons. The molecule has 6 nitrogen and oxygen atoms in total. The predicted molar refractivity (Wildman–Crippen MR) is 76.1 cm³/mol. The highest BCUT2D eigenvalue weighted by atomic mass is 19.1. The lowest BCUT2D eigenvalue weighted by atomic mass is 10.1. The molecule has 0 unspecified atom stereocenters. The van der Waals surface area contributed by atoms with E-state index >= 15 is 0 Å². The molecule has 0 aromatic heterocycles. The summed E-state index contributed by atoms with van der Waals surface area (Å²) in [5.74, 6) is -1.98. The quantitative estimate of drug-likeness (QED) is 0.845. The molecule has 0 heterocycles. The van der Waals surface area contributed by atoms with Crippen LogP contribution in [0.15, 0.2) is 18.2 Å². The van der Waals surface area contributed by atoms with Gasteiger partial charge in [-0.3, -0.25) is 0 Å². The van der Waals surface area contributed by atoms with E-state index < -0.39 is 17.8 Å². The highest BCUT2D eigenvalue weighted by Crippen LogP contribution is 2.18. The molecular weight excluding hydrogens is 279 g/mol. The highest BCUT2D eigenvalue weighted by molar-refractivity contribution is 6.00. The SMILES string of the molecule is COCCN(C(=O)Nc1ccc(F)cc1C(=O)O)C(C)C. The number of anilines is 1. The Morgan fingerprint density at radius 2 is 2.10 bits per heavy atom. The summed E-state index contributed by atoms with van der Waals surface area (Å²) in [5, 5.41) is 11.5. The number of aromatic carboxylic acids is 1. The van der Waals surface area contributed by atoms with E-state index in [1.54, 1.807) is 0 Å². The predicted octanol–water partition coefficient (Wildman–Crippen LogP) is 2.41. The molecule has 0 spiro atoms. The fraction of sp³-hybridized carbons (Fsp3) is 0.429. The number of carbonyl (C=O) groups excluding carboxylic acids is 1. The van der Waals surface area contributed by atoms with Crippen molar-refractivity contribution >= 4 is 17.7 Å². The summed E-state index contributed by atoms with van der Waals surface area (Å²) < 4.78 is 18.0. The van der Waals surface area contributed by atoms with Crippen molar-refractivity contribution in [1.29, 1.82) is 0 Å². The lowest BCUT2D eigenvalue weighted by Gasteiger charge is -2.27. The van der Waals surface area contributed by atoms with E-state index in [-0.39, 0.29) is 17.3 Å². The van der Waals surface area contributed by atoms with Crippen molar-refractivity contribution in [1.82, 2.24) is 4.90 Å². The van der Waals surface area contributed by atoms with Gasteiger partial charge in [0.2, 0.25) is 0 Å². The van der Waals surface area contributed by atoms with Gasteiger partial charge >= 0.3 is 12.0 Å². The molecule has 0 fully saturated rings. The van der Waals surface area contributed by atoms with Crippen LogP contribution in [0.2, 0.25) is 0 Å². The van der Waals surface area contributed by atoms with E-state index in [1.165, 1.54) is 18.1 Å². The Morgan fingerprint density at radius 3 is 2.62 bits per heavy atom. The molecule has 1 rings (SSSR count). The number of rotatable bonds is 6. The largest absolute Gasteiger partial charge is 0.478 e. The number of methoxy groups -OCH3 is 1. The number of benzene rings is 1. The van der Waals surface area contributed by atoms with Crippen molar-refractivity contribution in [2.45, 2.75) is 19.9 Å². The van der Waals surface area contributed by atoms with E-state index in [0.29, 0.717) is 13.2 Å². The van der Waals surface area contributed by atoms with Crippen LogP contribution in [0, 0.1) is 5.82 Å².